The van der Waals surface area contributed by atoms with E-state index in [0.717, 1.165) is 25.2 Å². The van der Waals surface area contributed by atoms with E-state index in [2.05, 4.69) is 24.9 Å². The summed E-state index contributed by atoms with van der Waals surface area (Å²) in [4.78, 5) is 33.3. The minimum absolute atomic E-state index is 0.0446. The van der Waals surface area contributed by atoms with E-state index in [1.807, 2.05) is 18.4 Å². The second-order valence-corrected chi connectivity index (χ2v) is 6.64. The highest BCUT2D eigenvalue weighted by Gasteiger charge is 2.40. The van der Waals surface area contributed by atoms with Crippen molar-refractivity contribution in [3.8, 4) is 0 Å². The van der Waals surface area contributed by atoms with Crippen LogP contribution in [0.2, 0.25) is 0 Å². The lowest BCUT2D eigenvalue weighted by Crippen LogP contribution is -2.48. The monoisotopic (exact) mass is 358 g/mol. The minimum Gasteiger partial charge on any atom is -0.366 e. The Morgan fingerprint density at radius 3 is 3.00 bits per heavy atom. The number of amides is 3. The van der Waals surface area contributed by atoms with Crippen molar-refractivity contribution in [2.75, 3.05) is 34.8 Å². The lowest BCUT2D eigenvalue weighted by Gasteiger charge is -2.35. The number of fused-ring (bicyclic) bond motifs is 4. The number of carbonyl (C=O) groups is 2. The number of anilines is 3. The lowest BCUT2D eigenvalue weighted by molar-refractivity contribution is 0.0951. The molecule has 2 aromatic rings. The van der Waals surface area contributed by atoms with Crippen molar-refractivity contribution in [2.45, 2.75) is 19.4 Å². The molecule has 2 bridgehead atoms. The third-order valence-electron chi connectivity index (χ3n) is 4.41. The first kappa shape index (κ1) is 15.8. The molecule has 0 saturated carbocycles. The van der Waals surface area contributed by atoms with Gasteiger partial charge in [0.15, 0.2) is 5.82 Å². The largest absolute Gasteiger partial charge is 0.366 e. The maximum atomic E-state index is 12.8. The fourth-order valence-electron chi connectivity index (χ4n) is 3.30. The van der Waals surface area contributed by atoms with E-state index in [-0.39, 0.29) is 18.0 Å². The number of hydrogen-bond donors (Lipinski definition) is 2. The van der Waals surface area contributed by atoms with Crippen molar-refractivity contribution in [3.05, 3.63) is 29.3 Å². The van der Waals surface area contributed by atoms with Crippen LogP contribution in [-0.2, 0) is 0 Å². The highest BCUT2D eigenvalue weighted by molar-refractivity contribution is 7.03. The molecule has 25 heavy (non-hydrogen) atoms. The molecule has 0 aromatic carbocycles. The van der Waals surface area contributed by atoms with Gasteiger partial charge in [0.1, 0.15) is 11.5 Å². The van der Waals surface area contributed by atoms with Gasteiger partial charge in [0.25, 0.3) is 5.91 Å². The number of nitrogens with one attached hydrogen (secondary N) is 2. The second-order valence-electron chi connectivity index (χ2n) is 5.97. The Bertz CT molecular complexity index is 809. The fraction of sp³-hybridized carbons (Fsp3) is 0.375. The number of carbonyl (C=O) groups excluding carboxylic acids is 2. The van der Waals surface area contributed by atoms with Crippen LogP contribution in [0, 0.1) is 0 Å². The number of hydrogen-bond acceptors (Lipinski definition) is 6. The van der Waals surface area contributed by atoms with Crippen LogP contribution >= 0.6 is 11.5 Å². The highest BCUT2D eigenvalue weighted by Crippen LogP contribution is 2.39. The lowest BCUT2D eigenvalue weighted by atomic mass is 10.1. The molecule has 1 fully saturated rings. The number of aromatic nitrogens is 2. The van der Waals surface area contributed by atoms with Gasteiger partial charge in [-0.25, -0.2) is 9.78 Å². The molecule has 4 rings (SSSR count). The molecule has 8 nitrogen and oxygen atoms in total. The predicted molar refractivity (Wildman–Crippen MR) is 96.5 cm³/mol. The molecule has 2 aliphatic rings. The maximum absolute atomic E-state index is 12.8. The van der Waals surface area contributed by atoms with Gasteiger partial charge in [-0.2, -0.15) is 4.37 Å². The zero-order valence-electron chi connectivity index (χ0n) is 13.7. The summed E-state index contributed by atoms with van der Waals surface area (Å²) in [6.07, 6.45) is 0.872. The quantitative estimate of drug-likeness (QED) is 0.875. The summed E-state index contributed by atoms with van der Waals surface area (Å²) in [5.74, 6) is 0.820. The summed E-state index contributed by atoms with van der Waals surface area (Å²) in [7, 11) is 0. The molecular weight excluding hydrogens is 340 g/mol. The van der Waals surface area contributed by atoms with Crippen LogP contribution in [0.1, 0.15) is 23.8 Å². The van der Waals surface area contributed by atoms with E-state index >= 15 is 0 Å². The Hall–Kier alpha value is -2.68. The minimum atomic E-state index is -0.265. The molecule has 2 aromatic heterocycles. The Kier molecular flexibility index (Phi) is 4.00. The molecule has 9 heteroatoms. The molecule has 1 unspecified atom stereocenters. The van der Waals surface area contributed by atoms with Crippen LogP contribution in [0.25, 0.3) is 0 Å². The smallest absolute Gasteiger partial charge is 0.329 e. The average molecular weight is 358 g/mol. The number of urea groups is 1. The normalized spacial score (nSPS) is 18.0. The van der Waals surface area contributed by atoms with E-state index in [4.69, 9.17) is 0 Å². The van der Waals surface area contributed by atoms with Gasteiger partial charge in [-0.05, 0) is 43.1 Å². The molecule has 4 heterocycles. The SMILES string of the molecule is CCNC(=O)c1ccc2c(n1)N(C(=O)Nc1ccsn1)C1CCN2C1. The van der Waals surface area contributed by atoms with Crippen LogP contribution in [0.4, 0.5) is 22.1 Å². The molecule has 130 valence electrons. The Balaban J connectivity index is 1.69. The van der Waals surface area contributed by atoms with Gasteiger partial charge < -0.3 is 10.2 Å². The Labute approximate surface area is 149 Å². The summed E-state index contributed by atoms with van der Waals surface area (Å²) in [6, 6.07) is 5.12. The van der Waals surface area contributed by atoms with Crippen LogP contribution in [0.3, 0.4) is 0 Å². The van der Waals surface area contributed by atoms with E-state index in [0.29, 0.717) is 23.9 Å². The van der Waals surface area contributed by atoms with Crippen LogP contribution < -0.4 is 20.4 Å². The van der Waals surface area contributed by atoms with Gasteiger partial charge in [0.2, 0.25) is 0 Å². The van der Waals surface area contributed by atoms with Crippen LogP contribution in [0.15, 0.2) is 23.6 Å². The van der Waals surface area contributed by atoms with Gasteiger partial charge in [-0.15, -0.1) is 0 Å². The number of nitrogens with zero attached hydrogens (tertiary/aromatic N) is 4. The average Bonchev–Trinajstić information content (AvgIpc) is 3.26. The third-order valence-corrected chi connectivity index (χ3v) is 4.97. The van der Waals surface area contributed by atoms with Crippen molar-refractivity contribution in [3.63, 3.8) is 0 Å². The molecule has 0 aliphatic carbocycles. The zero-order chi connectivity index (χ0) is 17.4. The Morgan fingerprint density at radius 2 is 2.24 bits per heavy atom. The van der Waals surface area contributed by atoms with Crippen molar-refractivity contribution < 1.29 is 9.59 Å². The topological polar surface area (TPSA) is 90.5 Å². The van der Waals surface area contributed by atoms with Gasteiger partial charge in [0, 0.05) is 25.0 Å². The standard InChI is InChI=1S/C16H18N6O2S/c1-2-17-15(23)11-3-4-12-14(18-11)22(10-5-7-21(12)9-10)16(24)19-13-6-8-25-20-13/h3-4,6,8,10H,2,5,7,9H2,1H3,(H,17,23)(H,19,20,24). The van der Waals surface area contributed by atoms with E-state index in [1.165, 1.54) is 11.5 Å². The van der Waals surface area contributed by atoms with Gasteiger partial charge >= 0.3 is 6.03 Å². The molecule has 2 N–H and O–H groups in total. The van der Waals surface area contributed by atoms with Gasteiger partial charge in [-0.3, -0.25) is 15.0 Å². The first-order valence-electron chi connectivity index (χ1n) is 8.22. The van der Waals surface area contributed by atoms with Gasteiger partial charge in [-0.1, -0.05) is 0 Å². The maximum Gasteiger partial charge on any atom is 0.329 e. The van der Waals surface area contributed by atoms with Gasteiger partial charge in [0.05, 0.1) is 11.7 Å². The predicted octanol–water partition coefficient (Wildman–Crippen LogP) is 1.92. The molecule has 3 amide bonds. The molecule has 0 spiro atoms. The third kappa shape index (κ3) is 2.80. The second kappa shape index (κ2) is 6.32. The Morgan fingerprint density at radius 1 is 1.36 bits per heavy atom. The zero-order valence-corrected chi connectivity index (χ0v) is 14.5. The summed E-state index contributed by atoms with van der Waals surface area (Å²) >= 11 is 1.28. The van der Waals surface area contributed by atoms with Crippen molar-refractivity contribution >= 4 is 40.8 Å². The number of pyridine rings is 1. The van der Waals surface area contributed by atoms with Crippen LogP contribution in [-0.4, -0.2) is 47.0 Å². The van der Waals surface area contributed by atoms with E-state index in [1.54, 1.807) is 17.0 Å². The summed E-state index contributed by atoms with van der Waals surface area (Å²) in [5, 5.41) is 7.37. The first-order chi connectivity index (χ1) is 12.2. The molecule has 1 saturated heterocycles. The van der Waals surface area contributed by atoms with E-state index < -0.39 is 0 Å². The summed E-state index contributed by atoms with van der Waals surface area (Å²) < 4.78 is 4.13. The van der Waals surface area contributed by atoms with Crippen molar-refractivity contribution in [2.24, 2.45) is 0 Å². The highest BCUT2D eigenvalue weighted by atomic mass is 32.1. The first-order valence-corrected chi connectivity index (χ1v) is 9.06. The molecular formula is C16H18N6O2S. The summed E-state index contributed by atoms with van der Waals surface area (Å²) in [5.41, 5.74) is 1.20. The van der Waals surface area contributed by atoms with E-state index in [9.17, 15) is 9.59 Å². The molecule has 2 aliphatic heterocycles. The van der Waals surface area contributed by atoms with Crippen LogP contribution in [0.5, 0.6) is 0 Å². The molecule has 0 radical (unpaired) electrons. The summed E-state index contributed by atoms with van der Waals surface area (Å²) in [6.45, 7) is 4.04. The number of rotatable bonds is 3. The van der Waals surface area contributed by atoms with Crippen molar-refractivity contribution in [1.29, 1.82) is 0 Å². The fourth-order valence-corrected chi connectivity index (χ4v) is 3.77. The van der Waals surface area contributed by atoms with Crippen molar-refractivity contribution in [1.82, 2.24) is 14.7 Å². The molecule has 1 atom stereocenters.